The number of nitrogens with zero attached hydrogens (tertiary/aromatic N) is 1. The number of rotatable bonds is 9. The molecule has 4 aromatic carbocycles. The molecule has 0 saturated carbocycles. The molecule has 0 bridgehead atoms. The van der Waals surface area contributed by atoms with Gasteiger partial charge in [-0.3, -0.25) is 4.79 Å². The van der Waals surface area contributed by atoms with Gasteiger partial charge in [0.05, 0.1) is 23.8 Å². The van der Waals surface area contributed by atoms with Gasteiger partial charge in [-0.1, -0.05) is 42.5 Å². The topological polar surface area (TPSA) is 92.6 Å². The van der Waals surface area contributed by atoms with Gasteiger partial charge in [0, 0.05) is 36.0 Å². The number of carboxylic acid groups (broad SMARTS) is 1. The quantitative estimate of drug-likeness (QED) is 0.226. The van der Waals surface area contributed by atoms with Crippen LogP contribution in [0.5, 0.6) is 5.75 Å². The largest absolute Gasteiger partial charge is 0.497 e. The minimum atomic E-state index is -0.982. The second-order valence-electron chi connectivity index (χ2n) is 8.89. The van der Waals surface area contributed by atoms with Crippen LogP contribution < -0.4 is 15.4 Å². The van der Waals surface area contributed by atoms with Crippen molar-refractivity contribution in [2.45, 2.75) is 13.1 Å². The van der Waals surface area contributed by atoms with E-state index in [1.165, 1.54) is 12.1 Å². The first kappa shape index (κ1) is 24.6. The van der Waals surface area contributed by atoms with Crippen LogP contribution in [0.15, 0.2) is 103 Å². The molecule has 0 atom stereocenters. The molecule has 0 aliphatic rings. The Morgan fingerprint density at radius 2 is 1.66 bits per heavy atom. The highest BCUT2D eigenvalue weighted by atomic mass is 16.5. The average Bonchev–Trinajstić information content (AvgIpc) is 3.36. The second kappa shape index (κ2) is 10.9. The molecule has 5 rings (SSSR count). The first-order valence-electron chi connectivity index (χ1n) is 12.2. The van der Waals surface area contributed by atoms with Crippen molar-refractivity contribution in [1.82, 2.24) is 9.88 Å². The van der Waals surface area contributed by atoms with Crippen LogP contribution in [0.4, 0.5) is 11.4 Å². The smallest absolute Gasteiger partial charge is 0.335 e. The third-order valence-electron chi connectivity index (χ3n) is 6.36. The van der Waals surface area contributed by atoms with E-state index in [1.807, 2.05) is 79.0 Å². The van der Waals surface area contributed by atoms with Crippen LogP contribution in [0.1, 0.15) is 31.8 Å². The number of hydrogen-bond acceptors (Lipinski definition) is 4. The summed E-state index contributed by atoms with van der Waals surface area (Å²) in [7, 11) is 1.64. The molecule has 0 spiro atoms. The van der Waals surface area contributed by atoms with Gasteiger partial charge >= 0.3 is 5.97 Å². The molecule has 1 aromatic heterocycles. The van der Waals surface area contributed by atoms with E-state index in [-0.39, 0.29) is 18.0 Å². The molecule has 38 heavy (non-hydrogen) atoms. The van der Waals surface area contributed by atoms with Gasteiger partial charge < -0.3 is 25.0 Å². The summed E-state index contributed by atoms with van der Waals surface area (Å²) >= 11 is 0. The van der Waals surface area contributed by atoms with E-state index in [1.54, 1.807) is 19.2 Å². The average molecular weight is 506 g/mol. The van der Waals surface area contributed by atoms with Crippen LogP contribution in [-0.2, 0) is 13.1 Å². The Morgan fingerprint density at radius 3 is 2.39 bits per heavy atom. The molecule has 7 nitrogen and oxygen atoms in total. The zero-order valence-corrected chi connectivity index (χ0v) is 20.8. The molecule has 7 heteroatoms. The van der Waals surface area contributed by atoms with Crippen molar-refractivity contribution in [2.24, 2.45) is 0 Å². The fourth-order valence-electron chi connectivity index (χ4n) is 4.44. The number of aromatic nitrogens is 1. The van der Waals surface area contributed by atoms with Crippen molar-refractivity contribution >= 4 is 34.2 Å². The summed E-state index contributed by atoms with van der Waals surface area (Å²) in [5.41, 5.74) is 5.29. The number of benzene rings is 4. The van der Waals surface area contributed by atoms with Gasteiger partial charge in [0.15, 0.2) is 0 Å². The lowest BCUT2D eigenvalue weighted by molar-refractivity contribution is 0.0696. The molecule has 0 unspecified atom stereocenters. The molecule has 0 fully saturated rings. The Balaban J connectivity index is 1.48. The number of methoxy groups -OCH3 is 1. The van der Waals surface area contributed by atoms with Crippen LogP contribution in [-0.4, -0.2) is 28.7 Å². The number of para-hydroxylation sites is 1. The van der Waals surface area contributed by atoms with E-state index in [4.69, 9.17) is 9.84 Å². The maximum absolute atomic E-state index is 13.4. The molecule has 0 aliphatic carbocycles. The summed E-state index contributed by atoms with van der Waals surface area (Å²) < 4.78 is 7.45. The van der Waals surface area contributed by atoms with Gasteiger partial charge in [-0.05, 0) is 65.7 Å². The first-order chi connectivity index (χ1) is 18.5. The monoisotopic (exact) mass is 505 g/mol. The number of aromatic carboxylic acids is 1. The Morgan fingerprint density at radius 1 is 0.868 bits per heavy atom. The van der Waals surface area contributed by atoms with Crippen LogP contribution in [0, 0.1) is 0 Å². The molecular formula is C31H27N3O4. The number of amides is 1. The molecule has 3 N–H and O–H groups in total. The zero-order valence-electron chi connectivity index (χ0n) is 20.8. The highest BCUT2D eigenvalue weighted by Gasteiger charge is 2.17. The molecule has 0 saturated heterocycles. The number of carbonyl (C=O) groups excluding carboxylic acids is 1. The lowest BCUT2D eigenvalue weighted by Crippen LogP contribution is -2.23. The maximum atomic E-state index is 13.4. The summed E-state index contributed by atoms with van der Waals surface area (Å²) in [5, 5.41) is 16.5. The van der Waals surface area contributed by atoms with Crippen molar-refractivity contribution in [3.63, 3.8) is 0 Å². The number of nitrogens with one attached hydrogen (secondary N) is 2. The maximum Gasteiger partial charge on any atom is 0.335 e. The van der Waals surface area contributed by atoms with E-state index in [0.29, 0.717) is 12.1 Å². The van der Waals surface area contributed by atoms with Crippen LogP contribution >= 0.6 is 0 Å². The Bertz CT molecular complexity index is 1590. The zero-order chi connectivity index (χ0) is 26.5. The van der Waals surface area contributed by atoms with Gasteiger partial charge in [-0.2, -0.15) is 0 Å². The summed E-state index contributed by atoms with van der Waals surface area (Å²) in [6.45, 7) is 0.841. The standard InChI is InChI=1S/C31H27N3O4/c1-38-25-9-5-6-22(18-25)20-34-17-16-26-28(33-24-7-3-2-4-8-24)15-14-27(29(26)34)30(35)32-19-21-10-12-23(13-11-21)31(36)37/h2-18,33H,19-20H2,1H3,(H,32,35)(H,36,37). The minimum Gasteiger partial charge on any atom is -0.497 e. The third kappa shape index (κ3) is 5.37. The van der Waals surface area contributed by atoms with Crippen molar-refractivity contribution in [3.8, 4) is 5.75 Å². The van der Waals surface area contributed by atoms with Gasteiger partial charge in [-0.15, -0.1) is 0 Å². The van der Waals surface area contributed by atoms with E-state index in [9.17, 15) is 9.59 Å². The molecule has 5 aromatic rings. The number of carbonyl (C=O) groups is 2. The lowest BCUT2D eigenvalue weighted by atomic mass is 10.1. The van der Waals surface area contributed by atoms with Crippen LogP contribution in [0.25, 0.3) is 10.9 Å². The Kier molecular flexibility index (Phi) is 7.08. The molecular weight excluding hydrogens is 478 g/mol. The highest BCUT2D eigenvalue weighted by Crippen LogP contribution is 2.31. The van der Waals surface area contributed by atoms with E-state index in [0.717, 1.165) is 39.2 Å². The number of hydrogen-bond donors (Lipinski definition) is 3. The van der Waals surface area contributed by atoms with Crippen LogP contribution in [0.3, 0.4) is 0 Å². The van der Waals surface area contributed by atoms with Crippen molar-refractivity contribution in [3.05, 3.63) is 126 Å². The predicted molar refractivity (Wildman–Crippen MR) is 148 cm³/mol. The SMILES string of the molecule is COc1cccc(Cn2ccc3c(Nc4ccccc4)ccc(C(=O)NCc4ccc(C(=O)O)cc4)c32)c1. The minimum absolute atomic E-state index is 0.207. The fraction of sp³-hybridized carbons (Fsp3) is 0.0968. The highest BCUT2D eigenvalue weighted by molar-refractivity contribution is 6.09. The summed E-state index contributed by atoms with van der Waals surface area (Å²) in [6.07, 6.45) is 1.99. The number of anilines is 2. The number of fused-ring (bicyclic) bond motifs is 1. The van der Waals surface area contributed by atoms with E-state index >= 15 is 0 Å². The van der Waals surface area contributed by atoms with Gasteiger partial charge in [0.2, 0.25) is 0 Å². The molecule has 1 heterocycles. The lowest BCUT2D eigenvalue weighted by Gasteiger charge is -2.14. The molecule has 190 valence electrons. The van der Waals surface area contributed by atoms with Crippen molar-refractivity contribution < 1.29 is 19.4 Å². The van der Waals surface area contributed by atoms with Gasteiger partial charge in [0.25, 0.3) is 5.91 Å². The Labute approximate surface area is 220 Å². The second-order valence-corrected chi connectivity index (χ2v) is 8.89. The van der Waals surface area contributed by atoms with E-state index in [2.05, 4.69) is 15.2 Å². The predicted octanol–water partition coefficient (Wildman–Crippen LogP) is 6.07. The molecule has 0 aliphatic heterocycles. The van der Waals surface area contributed by atoms with Gasteiger partial charge in [0.1, 0.15) is 5.75 Å². The summed E-state index contributed by atoms with van der Waals surface area (Å²) in [4.78, 5) is 24.5. The summed E-state index contributed by atoms with van der Waals surface area (Å²) in [5.74, 6) is -0.421. The van der Waals surface area contributed by atoms with E-state index < -0.39 is 5.97 Å². The van der Waals surface area contributed by atoms with Gasteiger partial charge in [-0.25, -0.2) is 4.79 Å². The van der Waals surface area contributed by atoms with Crippen molar-refractivity contribution in [2.75, 3.05) is 12.4 Å². The number of carboxylic acids is 1. The fourth-order valence-corrected chi connectivity index (χ4v) is 4.44. The van der Waals surface area contributed by atoms with Crippen molar-refractivity contribution in [1.29, 1.82) is 0 Å². The normalized spacial score (nSPS) is 10.8. The number of ether oxygens (including phenoxy) is 1. The first-order valence-corrected chi connectivity index (χ1v) is 12.2. The third-order valence-corrected chi connectivity index (χ3v) is 6.36. The Hall–Kier alpha value is -5.04. The molecule has 1 amide bonds. The summed E-state index contributed by atoms with van der Waals surface area (Å²) in [6, 6.07) is 30.0. The van der Waals surface area contributed by atoms with Crippen LogP contribution in [0.2, 0.25) is 0 Å². The molecule has 0 radical (unpaired) electrons.